The van der Waals surface area contributed by atoms with E-state index in [-0.39, 0.29) is 18.7 Å². The zero-order valence-electron chi connectivity index (χ0n) is 12.8. The summed E-state index contributed by atoms with van der Waals surface area (Å²) in [6.45, 7) is 1.02. The Labute approximate surface area is 131 Å². The van der Waals surface area contributed by atoms with Crippen LogP contribution < -0.4 is 0 Å². The summed E-state index contributed by atoms with van der Waals surface area (Å²) in [6.07, 6.45) is 6.33. The Kier molecular flexibility index (Phi) is 4.76. The van der Waals surface area contributed by atoms with Crippen molar-refractivity contribution >= 4 is 10.2 Å². The van der Waals surface area contributed by atoms with Gasteiger partial charge in [-0.15, -0.1) is 0 Å². The zero-order chi connectivity index (χ0) is 15.6. The Morgan fingerprint density at radius 2 is 2.14 bits per heavy atom. The van der Waals surface area contributed by atoms with Crippen molar-refractivity contribution in [1.29, 1.82) is 0 Å². The minimum absolute atomic E-state index is 0.116. The standard InChI is InChI=1S/C13H23N5O3S/c1-17(11-5-3-2-4-6-11)22(19,20)18-7-8-21-12(9-18)13-14-10-15-16-13/h10-12H,2-9H2,1H3,(H,14,15,16). The molecule has 1 N–H and O–H groups in total. The molecule has 0 spiro atoms. The van der Waals surface area contributed by atoms with Gasteiger partial charge in [-0.25, -0.2) is 4.98 Å². The second-order valence-electron chi connectivity index (χ2n) is 5.90. The fraction of sp³-hybridized carbons (Fsp3) is 0.846. The molecule has 22 heavy (non-hydrogen) atoms. The number of hydrogen-bond acceptors (Lipinski definition) is 5. The molecule has 8 nitrogen and oxygen atoms in total. The fourth-order valence-electron chi connectivity index (χ4n) is 3.19. The molecule has 1 saturated carbocycles. The largest absolute Gasteiger partial charge is 0.367 e. The lowest BCUT2D eigenvalue weighted by atomic mass is 9.96. The fourth-order valence-corrected chi connectivity index (χ4v) is 4.77. The van der Waals surface area contributed by atoms with Crippen LogP contribution >= 0.6 is 0 Å². The van der Waals surface area contributed by atoms with E-state index in [4.69, 9.17) is 4.74 Å². The molecule has 1 aliphatic heterocycles. The average molecular weight is 329 g/mol. The first-order valence-corrected chi connectivity index (χ1v) is 9.18. The van der Waals surface area contributed by atoms with Crippen molar-refractivity contribution < 1.29 is 13.2 Å². The summed E-state index contributed by atoms with van der Waals surface area (Å²) >= 11 is 0. The third-order valence-corrected chi connectivity index (χ3v) is 6.56. The minimum Gasteiger partial charge on any atom is -0.367 e. The zero-order valence-corrected chi connectivity index (χ0v) is 13.6. The first kappa shape index (κ1) is 15.9. The molecule has 3 rings (SSSR count). The number of morpholine rings is 1. The molecule has 0 bridgehead atoms. The van der Waals surface area contributed by atoms with Gasteiger partial charge in [-0.2, -0.15) is 22.1 Å². The Balaban J connectivity index is 1.70. The van der Waals surface area contributed by atoms with E-state index < -0.39 is 10.2 Å². The molecule has 1 saturated heterocycles. The van der Waals surface area contributed by atoms with Crippen molar-refractivity contribution in [2.45, 2.75) is 44.2 Å². The van der Waals surface area contributed by atoms with Crippen LogP contribution in [0.2, 0.25) is 0 Å². The maximum atomic E-state index is 12.9. The van der Waals surface area contributed by atoms with E-state index in [0.29, 0.717) is 19.0 Å². The molecule has 2 aliphatic rings. The van der Waals surface area contributed by atoms with Crippen LogP contribution in [0.4, 0.5) is 0 Å². The van der Waals surface area contributed by atoms with Gasteiger partial charge in [-0.05, 0) is 12.8 Å². The summed E-state index contributed by atoms with van der Waals surface area (Å²) in [6, 6.07) is 0.116. The van der Waals surface area contributed by atoms with Crippen LogP contribution in [-0.4, -0.2) is 65.0 Å². The van der Waals surface area contributed by atoms with Gasteiger partial charge in [0.25, 0.3) is 10.2 Å². The molecule has 124 valence electrons. The van der Waals surface area contributed by atoms with E-state index >= 15 is 0 Å². The van der Waals surface area contributed by atoms with E-state index in [9.17, 15) is 8.42 Å². The van der Waals surface area contributed by atoms with Crippen molar-refractivity contribution in [3.05, 3.63) is 12.2 Å². The van der Waals surface area contributed by atoms with Gasteiger partial charge in [0.15, 0.2) is 5.82 Å². The molecule has 1 aliphatic carbocycles. The van der Waals surface area contributed by atoms with Gasteiger partial charge in [-0.1, -0.05) is 19.3 Å². The first-order chi connectivity index (χ1) is 10.6. The van der Waals surface area contributed by atoms with Crippen LogP contribution in [0.25, 0.3) is 0 Å². The Morgan fingerprint density at radius 3 is 2.82 bits per heavy atom. The number of nitrogens with zero attached hydrogens (tertiary/aromatic N) is 4. The lowest BCUT2D eigenvalue weighted by Crippen LogP contribution is -2.51. The molecular weight excluding hydrogens is 306 g/mol. The molecule has 2 fully saturated rings. The number of H-pyrrole nitrogens is 1. The van der Waals surface area contributed by atoms with Crippen LogP contribution in [0, 0.1) is 0 Å². The van der Waals surface area contributed by atoms with Crippen molar-refractivity contribution in [1.82, 2.24) is 23.8 Å². The lowest BCUT2D eigenvalue weighted by Gasteiger charge is -2.37. The van der Waals surface area contributed by atoms with Gasteiger partial charge >= 0.3 is 0 Å². The Hall–Kier alpha value is -1.03. The van der Waals surface area contributed by atoms with Crippen LogP contribution in [0.1, 0.15) is 44.0 Å². The first-order valence-electron chi connectivity index (χ1n) is 7.79. The summed E-state index contributed by atoms with van der Waals surface area (Å²) in [7, 11) is -1.76. The van der Waals surface area contributed by atoms with E-state index in [2.05, 4.69) is 15.2 Å². The van der Waals surface area contributed by atoms with Crippen LogP contribution in [-0.2, 0) is 14.9 Å². The number of ether oxygens (including phenoxy) is 1. The maximum Gasteiger partial charge on any atom is 0.282 e. The lowest BCUT2D eigenvalue weighted by molar-refractivity contribution is -0.00932. The molecule has 2 heterocycles. The van der Waals surface area contributed by atoms with Gasteiger partial charge in [0.1, 0.15) is 12.4 Å². The van der Waals surface area contributed by atoms with Gasteiger partial charge in [0, 0.05) is 26.2 Å². The third kappa shape index (κ3) is 3.17. The van der Waals surface area contributed by atoms with Crippen molar-refractivity contribution in [3.8, 4) is 0 Å². The molecule has 1 aromatic rings. The summed E-state index contributed by atoms with van der Waals surface area (Å²) in [5, 5.41) is 6.55. The number of hydrogen-bond donors (Lipinski definition) is 1. The van der Waals surface area contributed by atoms with Gasteiger partial charge < -0.3 is 4.74 Å². The summed E-state index contributed by atoms with van der Waals surface area (Å²) in [5.74, 6) is 0.570. The number of rotatable bonds is 4. The summed E-state index contributed by atoms with van der Waals surface area (Å²) in [4.78, 5) is 4.06. The Bertz CT molecular complexity index is 571. The SMILES string of the molecule is CN(C1CCCCC1)S(=O)(=O)N1CCOC(c2ncn[nH]2)C1. The van der Waals surface area contributed by atoms with Crippen molar-refractivity contribution in [2.75, 3.05) is 26.7 Å². The molecular formula is C13H23N5O3S. The second-order valence-corrected chi connectivity index (χ2v) is 7.89. The van der Waals surface area contributed by atoms with Gasteiger partial charge in [0.05, 0.1) is 6.61 Å². The number of aromatic amines is 1. The topological polar surface area (TPSA) is 91.4 Å². The third-order valence-electron chi connectivity index (χ3n) is 4.55. The quantitative estimate of drug-likeness (QED) is 0.877. The molecule has 0 radical (unpaired) electrons. The smallest absolute Gasteiger partial charge is 0.282 e. The highest BCUT2D eigenvalue weighted by Crippen LogP contribution is 2.27. The highest BCUT2D eigenvalue weighted by molar-refractivity contribution is 7.86. The highest BCUT2D eigenvalue weighted by atomic mass is 32.2. The molecule has 0 amide bonds. The van der Waals surface area contributed by atoms with Gasteiger partial charge in [0.2, 0.25) is 0 Å². The van der Waals surface area contributed by atoms with E-state index in [0.717, 1.165) is 25.7 Å². The minimum atomic E-state index is -3.46. The average Bonchev–Trinajstić information content (AvgIpc) is 3.09. The van der Waals surface area contributed by atoms with Gasteiger partial charge in [-0.3, -0.25) is 5.10 Å². The van der Waals surface area contributed by atoms with E-state index in [1.807, 2.05) is 0 Å². The summed E-state index contributed by atoms with van der Waals surface area (Å²) < 4.78 is 34.4. The predicted octanol–water partition coefficient (Wildman–Crippen LogP) is 0.687. The van der Waals surface area contributed by atoms with Crippen molar-refractivity contribution in [3.63, 3.8) is 0 Å². The normalized spacial score (nSPS) is 25.6. The molecule has 1 unspecified atom stereocenters. The molecule has 1 aromatic heterocycles. The van der Waals surface area contributed by atoms with Crippen LogP contribution in [0.15, 0.2) is 6.33 Å². The number of nitrogens with one attached hydrogen (secondary N) is 1. The van der Waals surface area contributed by atoms with E-state index in [1.54, 1.807) is 11.4 Å². The summed E-state index contributed by atoms with van der Waals surface area (Å²) in [5.41, 5.74) is 0. The van der Waals surface area contributed by atoms with E-state index in [1.165, 1.54) is 17.1 Å². The molecule has 9 heteroatoms. The molecule has 0 aromatic carbocycles. The monoisotopic (exact) mass is 329 g/mol. The van der Waals surface area contributed by atoms with Crippen LogP contribution in [0.3, 0.4) is 0 Å². The predicted molar refractivity (Wildman–Crippen MR) is 80.2 cm³/mol. The molecule has 1 atom stereocenters. The number of aromatic nitrogens is 3. The van der Waals surface area contributed by atoms with Crippen LogP contribution in [0.5, 0.6) is 0 Å². The second kappa shape index (κ2) is 6.61. The van der Waals surface area contributed by atoms with Crippen molar-refractivity contribution in [2.24, 2.45) is 0 Å². The Morgan fingerprint density at radius 1 is 1.36 bits per heavy atom. The highest BCUT2D eigenvalue weighted by Gasteiger charge is 2.36. The maximum absolute atomic E-state index is 12.9.